The van der Waals surface area contributed by atoms with Gasteiger partial charge in [0.2, 0.25) is 10.0 Å². The number of hydrogen-bond acceptors (Lipinski definition) is 7. The maximum absolute atomic E-state index is 12.4. The average Bonchev–Trinajstić information content (AvgIpc) is 3.05. The van der Waals surface area contributed by atoms with Gasteiger partial charge in [-0.15, -0.1) is 23.7 Å². The van der Waals surface area contributed by atoms with Crippen molar-refractivity contribution in [2.75, 3.05) is 31.3 Å². The van der Waals surface area contributed by atoms with Crippen molar-refractivity contribution in [2.24, 2.45) is 5.73 Å². The van der Waals surface area contributed by atoms with E-state index in [9.17, 15) is 13.2 Å². The third-order valence-corrected chi connectivity index (χ3v) is 6.03. The average molecular weight is 420 g/mol. The van der Waals surface area contributed by atoms with Gasteiger partial charge >= 0.3 is 0 Å². The van der Waals surface area contributed by atoms with Crippen LogP contribution in [0.2, 0.25) is 0 Å². The van der Waals surface area contributed by atoms with E-state index < -0.39 is 15.9 Å². The zero-order chi connectivity index (χ0) is 18.6. The standard InChI is InChI=1S/C15H21N5O3S2.ClH/c1-4-17-11-6-5-10(25(22,23)20(2)3)7-12(11)19-15(21)13-9-24-14(8-16)18-13;/h5-7,9,17H,4,8,16H2,1-3H3,(H,19,21);1H. The largest absolute Gasteiger partial charge is 0.384 e. The highest BCUT2D eigenvalue weighted by Gasteiger charge is 2.20. The van der Waals surface area contributed by atoms with E-state index in [2.05, 4.69) is 15.6 Å². The number of anilines is 2. The van der Waals surface area contributed by atoms with Crippen molar-refractivity contribution in [1.29, 1.82) is 0 Å². The molecule has 0 saturated carbocycles. The van der Waals surface area contributed by atoms with E-state index >= 15 is 0 Å². The lowest BCUT2D eigenvalue weighted by molar-refractivity contribution is 0.102. The topological polar surface area (TPSA) is 117 Å². The summed E-state index contributed by atoms with van der Waals surface area (Å²) in [6.45, 7) is 2.79. The van der Waals surface area contributed by atoms with Gasteiger partial charge in [-0.3, -0.25) is 4.79 Å². The summed E-state index contributed by atoms with van der Waals surface area (Å²) in [4.78, 5) is 16.6. The minimum absolute atomic E-state index is 0. The van der Waals surface area contributed by atoms with Gasteiger partial charge in [-0.2, -0.15) is 0 Å². The van der Waals surface area contributed by atoms with Gasteiger partial charge in [0.1, 0.15) is 10.7 Å². The summed E-state index contributed by atoms with van der Waals surface area (Å²) in [7, 11) is -0.700. The van der Waals surface area contributed by atoms with Crippen molar-refractivity contribution in [2.45, 2.75) is 18.4 Å². The molecule has 0 atom stereocenters. The summed E-state index contributed by atoms with van der Waals surface area (Å²) in [5.41, 5.74) is 6.75. The predicted molar refractivity (Wildman–Crippen MR) is 107 cm³/mol. The maximum atomic E-state index is 12.4. The van der Waals surface area contributed by atoms with Crippen molar-refractivity contribution in [1.82, 2.24) is 9.29 Å². The molecule has 0 aliphatic heterocycles. The zero-order valence-electron chi connectivity index (χ0n) is 14.6. The van der Waals surface area contributed by atoms with Gasteiger partial charge in [0.15, 0.2) is 0 Å². The van der Waals surface area contributed by atoms with Crippen LogP contribution in [0.15, 0.2) is 28.5 Å². The van der Waals surface area contributed by atoms with Crippen LogP contribution in [0.4, 0.5) is 11.4 Å². The number of aromatic nitrogens is 1. The first-order chi connectivity index (χ1) is 11.8. The number of rotatable bonds is 7. The van der Waals surface area contributed by atoms with E-state index in [4.69, 9.17) is 5.73 Å². The molecule has 1 aromatic carbocycles. The summed E-state index contributed by atoms with van der Waals surface area (Å²) in [6, 6.07) is 4.56. The first-order valence-corrected chi connectivity index (χ1v) is 9.87. The number of nitrogens with zero attached hydrogens (tertiary/aromatic N) is 2. The lowest BCUT2D eigenvalue weighted by Gasteiger charge is -2.16. The number of amides is 1. The normalized spacial score (nSPS) is 11.1. The molecular formula is C15H22ClN5O3S2. The molecule has 0 aliphatic rings. The minimum atomic E-state index is -3.61. The van der Waals surface area contributed by atoms with Gasteiger partial charge in [0.25, 0.3) is 5.91 Å². The number of thiazole rings is 1. The van der Waals surface area contributed by atoms with Gasteiger partial charge in [0, 0.05) is 32.6 Å². The number of benzene rings is 1. The van der Waals surface area contributed by atoms with Gasteiger partial charge < -0.3 is 16.4 Å². The molecule has 11 heteroatoms. The summed E-state index contributed by atoms with van der Waals surface area (Å²) in [6.07, 6.45) is 0. The van der Waals surface area contributed by atoms with Gasteiger partial charge in [-0.1, -0.05) is 0 Å². The molecule has 0 aliphatic carbocycles. The van der Waals surface area contributed by atoms with Crippen LogP contribution in [0.1, 0.15) is 22.4 Å². The van der Waals surface area contributed by atoms with E-state index in [0.29, 0.717) is 22.9 Å². The van der Waals surface area contributed by atoms with Crippen LogP contribution < -0.4 is 16.4 Å². The van der Waals surface area contributed by atoms with Crippen molar-refractivity contribution < 1.29 is 13.2 Å². The lowest BCUT2D eigenvalue weighted by atomic mass is 10.2. The Bertz CT molecular complexity index is 868. The van der Waals surface area contributed by atoms with E-state index in [1.807, 2.05) is 6.92 Å². The lowest BCUT2D eigenvalue weighted by Crippen LogP contribution is -2.22. The number of halogens is 1. The minimum Gasteiger partial charge on any atom is -0.384 e. The fraction of sp³-hybridized carbons (Fsp3) is 0.333. The second-order valence-electron chi connectivity index (χ2n) is 5.31. The summed E-state index contributed by atoms with van der Waals surface area (Å²) >= 11 is 1.30. The number of hydrogen-bond donors (Lipinski definition) is 3. The molecule has 0 fully saturated rings. The number of sulfonamides is 1. The molecule has 0 spiro atoms. The first-order valence-electron chi connectivity index (χ1n) is 7.55. The van der Waals surface area contributed by atoms with Crippen molar-refractivity contribution in [3.63, 3.8) is 0 Å². The molecule has 0 unspecified atom stereocenters. The Morgan fingerprint density at radius 2 is 2.00 bits per heavy atom. The molecule has 0 bridgehead atoms. The molecule has 1 aromatic heterocycles. The number of nitrogens with two attached hydrogens (primary N) is 1. The molecule has 2 rings (SSSR count). The molecule has 1 heterocycles. The SMILES string of the molecule is CCNc1ccc(S(=O)(=O)N(C)C)cc1NC(=O)c1csc(CN)n1.Cl. The van der Waals surface area contributed by atoms with E-state index in [0.717, 1.165) is 4.31 Å². The molecular weight excluding hydrogens is 398 g/mol. The second kappa shape index (κ2) is 9.28. The van der Waals surface area contributed by atoms with E-state index in [-0.39, 0.29) is 29.5 Å². The molecule has 0 saturated heterocycles. The molecule has 2 aromatic rings. The zero-order valence-corrected chi connectivity index (χ0v) is 17.1. The quantitative estimate of drug-likeness (QED) is 0.631. The summed E-state index contributed by atoms with van der Waals surface area (Å²) in [5.74, 6) is -0.422. The Balaban J connectivity index is 0.00000338. The van der Waals surface area contributed by atoms with Crippen LogP contribution in [0, 0.1) is 0 Å². The van der Waals surface area contributed by atoms with Crippen molar-refractivity contribution in [3.05, 3.63) is 34.3 Å². The Morgan fingerprint density at radius 3 is 2.54 bits per heavy atom. The number of carbonyl (C=O) groups is 1. The van der Waals surface area contributed by atoms with Gasteiger partial charge in [-0.05, 0) is 25.1 Å². The molecule has 0 radical (unpaired) electrons. The Kier molecular flexibility index (Phi) is 7.97. The predicted octanol–water partition coefficient (Wildman–Crippen LogP) is 1.96. The Hall–Kier alpha value is -1.72. The maximum Gasteiger partial charge on any atom is 0.275 e. The molecule has 1 amide bonds. The van der Waals surface area contributed by atoms with Crippen LogP contribution in [-0.2, 0) is 16.6 Å². The molecule has 144 valence electrons. The monoisotopic (exact) mass is 419 g/mol. The van der Waals surface area contributed by atoms with Gasteiger partial charge in [-0.25, -0.2) is 17.7 Å². The van der Waals surface area contributed by atoms with Crippen LogP contribution >= 0.6 is 23.7 Å². The third-order valence-electron chi connectivity index (χ3n) is 3.34. The van der Waals surface area contributed by atoms with Crippen molar-refractivity contribution >= 4 is 51.0 Å². The Labute approximate surface area is 163 Å². The fourth-order valence-electron chi connectivity index (χ4n) is 2.04. The number of carbonyl (C=O) groups excluding carboxylic acids is 1. The smallest absolute Gasteiger partial charge is 0.275 e. The van der Waals surface area contributed by atoms with Gasteiger partial charge in [0.05, 0.1) is 16.3 Å². The third kappa shape index (κ3) is 4.92. The van der Waals surface area contributed by atoms with E-state index in [1.54, 1.807) is 11.4 Å². The fourth-order valence-corrected chi connectivity index (χ4v) is 3.62. The second-order valence-corrected chi connectivity index (χ2v) is 8.40. The summed E-state index contributed by atoms with van der Waals surface area (Å²) in [5, 5.41) is 8.09. The molecule has 8 nitrogen and oxygen atoms in total. The summed E-state index contributed by atoms with van der Waals surface area (Å²) < 4.78 is 25.8. The number of nitrogens with one attached hydrogen (secondary N) is 2. The van der Waals surface area contributed by atoms with Crippen LogP contribution in [0.5, 0.6) is 0 Å². The van der Waals surface area contributed by atoms with Crippen LogP contribution in [0.25, 0.3) is 0 Å². The Morgan fingerprint density at radius 1 is 1.31 bits per heavy atom. The highest BCUT2D eigenvalue weighted by atomic mass is 35.5. The first kappa shape index (κ1) is 22.3. The highest BCUT2D eigenvalue weighted by Crippen LogP contribution is 2.27. The molecule has 4 N–H and O–H groups in total. The van der Waals surface area contributed by atoms with Crippen LogP contribution in [0.3, 0.4) is 0 Å². The highest BCUT2D eigenvalue weighted by molar-refractivity contribution is 7.89. The molecule has 26 heavy (non-hydrogen) atoms. The van der Waals surface area contributed by atoms with Crippen molar-refractivity contribution in [3.8, 4) is 0 Å². The van der Waals surface area contributed by atoms with Crippen LogP contribution in [-0.4, -0.2) is 44.3 Å². The van der Waals surface area contributed by atoms with E-state index in [1.165, 1.54) is 37.6 Å².